The van der Waals surface area contributed by atoms with Gasteiger partial charge in [-0.25, -0.2) is 0 Å². The van der Waals surface area contributed by atoms with Gasteiger partial charge >= 0.3 is 5.97 Å². The Morgan fingerprint density at radius 3 is 2.54 bits per heavy atom. The van der Waals surface area contributed by atoms with E-state index in [4.69, 9.17) is 10.5 Å². The molecular weight excluding hydrogens is 168 g/mol. The van der Waals surface area contributed by atoms with Crippen molar-refractivity contribution in [2.45, 2.75) is 25.3 Å². The Labute approximate surface area is 79.0 Å². The van der Waals surface area contributed by atoms with Crippen LogP contribution in [0.3, 0.4) is 0 Å². The normalized spacial score (nSPS) is 21.1. The number of esters is 1. The van der Waals surface area contributed by atoms with Gasteiger partial charge in [0.1, 0.15) is 6.04 Å². The van der Waals surface area contributed by atoms with Crippen molar-refractivity contribution in [2.24, 2.45) is 5.73 Å². The Morgan fingerprint density at radius 1 is 1.46 bits per heavy atom. The lowest BCUT2D eigenvalue weighted by molar-refractivity contribution is -0.147. The largest absolute Gasteiger partial charge is 0.468 e. The van der Waals surface area contributed by atoms with Crippen molar-refractivity contribution in [1.29, 1.82) is 0 Å². The van der Waals surface area contributed by atoms with Crippen LogP contribution in [-0.2, 0) is 9.53 Å². The van der Waals surface area contributed by atoms with Gasteiger partial charge in [0.05, 0.1) is 7.11 Å². The molecule has 0 saturated carbocycles. The summed E-state index contributed by atoms with van der Waals surface area (Å²) in [5, 5.41) is 0. The fourth-order valence-corrected chi connectivity index (χ4v) is 1.76. The summed E-state index contributed by atoms with van der Waals surface area (Å²) in [7, 11) is 1.41. The van der Waals surface area contributed by atoms with Crippen molar-refractivity contribution in [3.8, 4) is 0 Å². The number of hydrogen-bond donors (Lipinski definition) is 1. The van der Waals surface area contributed by atoms with Crippen LogP contribution in [0.5, 0.6) is 0 Å². The van der Waals surface area contributed by atoms with E-state index in [1.807, 2.05) is 0 Å². The second-order valence-corrected chi connectivity index (χ2v) is 3.37. The predicted molar refractivity (Wildman–Crippen MR) is 50.3 cm³/mol. The Morgan fingerprint density at radius 2 is 2.08 bits per heavy atom. The minimum atomic E-state index is -0.231. The fourth-order valence-electron chi connectivity index (χ4n) is 1.76. The summed E-state index contributed by atoms with van der Waals surface area (Å²) < 4.78 is 4.70. The minimum absolute atomic E-state index is 0.204. The number of methoxy groups -OCH3 is 1. The summed E-state index contributed by atoms with van der Waals surface area (Å²) in [6, 6.07) is -0.231. The highest BCUT2D eigenvalue weighted by molar-refractivity contribution is 5.75. The van der Waals surface area contributed by atoms with E-state index in [9.17, 15) is 4.79 Å². The summed E-state index contributed by atoms with van der Waals surface area (Å²) >= 11 is 0. The Balaban J connectivity index is 2.48. The lowest BCUT2D eigenvalue weighted by Gasteiger charge is -2.31. The third-order valence-electron chi connectivity index (χ3n) is 2.53. The molecule has 1 unspecified atom stereocenters. The molecule has 0 spiro atoms. The number of rotatable bonds is 3. The van der Waals surface area contributed by atoms with Crippen LogP contribution in [-0.4, -0.2) is 43.7 Å². The van der Waals surface area contributed by atoms with Crippen molar-refractivity contribution in [1.82, 2.24) is 4.90 Å². The van der Waals surface area contributed by atoms with Gasteiger partial charge in [-0.05, 0) is 25.9 Å². The highest BCUT2D eigenvalue weighted by Crippen LogP contribution is 2.12. The van der Waals surface area contributed by atoms with Gasteiger partial charge in [-0.15, -0.1) is 0 Å². The molecule has 2 N–H and O–H groups in total. The SMILES string of the molecule is COC(=O)C(CN)N1CCCCC1. The average molecular weight is 186 g/mol. The highest BCUT2D eigenvalue weighted by Gasteiger charge is 2.26. The predicted octanol–water partition coefficient (Wildman–Crippen LogP) is -0.0274. The number of carbonyl (C=O) groups excluding carboxylic acids is 1. The first-order chi connectivity index (χ1) is 6.29. The molecule has 0 aromatic rings. The summed E-state index contributed by atoms with van der Waals surface area (Å²) in [5.74, 6) is -0.204. The van der Waals surface area contributed by atoms with E-state index in [2.05, 4.69) is 4.90 Å². The summed E-state index contributed by atoms with van der Waals surface area (Å²) in [5.41, 5.74) is 5.54. The lowest BCUT2D eigenvalue weighted by Crippen LogP contribution is -2.48. The topological polar surface area (TPSA) is 55.6 Å². The molecule has 0 aromatic carbocycles. The van der Waals surface area contributed by atoms with Crippen LogP contribution >= 0.6 is 0 Å². The van der Waals surface area contributed by atoms with Crippen LogP contribution in [0.4, 0.5) is 0 Å². The average Bonchev–Trinajstić information content (AvgIpc) is 2.20. The first-order valence-electron chi connectivity index (χ1n) is 4.81. The molecule has 0 aliphatic carbocycles. The van der Waals surface area contributed by atoms with Crippen molar-refractivity contribution in [3.63, 3.8) is 0 Å². The quantitative estimate of drug-likeness (QED) is 0.629. The first kappa shape index (κ1) is 10.5. The molecule has 0 amide bonds. The molecule has 1 saturated heterocycles. The molecule has 0 radical (unpaired) electrons. The van der Waals surface area contributed by atoms with E-state index in [1.54, 1.807) is 0 Å². The van der Waals surface area contributed by atoms with Gasteiger partial charge in [0.15, 0.2) is 0 Å². The van der Waals surface area contributed by atoms with Crippen LogP contribution in [0.25, 0.3) is 0 Å². The number of ether oxygens (including phenoxy) is 1. The molecular formula is C9H18N2O2. The lowest BCUT2D eigenvalue weighted by atomic mass is 10.1. The maximum absolute atomic E-state index is 11.3. The third-order valence-corrected chi connectivity index (χ3v) is 2.53. The number of carbonyl (C=O) groups is 1. The number of nitrogens with two attached hydrogens (primary N) is 1. The molecule has 0 bridgehead atoms. The number of hydrogen-bond acceptors (Lipinski definition) is 4. The van der Waals surface area contributed by atoms with Crippen LogP contribution in [0, 0.1) is 0 Å². The Hall–Kier alpha value is -0.610. The van der Waals surface area contributed by atoms with E-state index in [-0.39, 0.29) is 12.0 Å². The number of likely N-dealkylation sites (tertiary alicyclic amines) is 1. The van der Waals surface area contributed by atoms with E-state index in [1.165, 1.54) is 13.5 Å². The molecule has 13 heavy (non-hydrogen) atoms. The van der Waals surface area contributed by atoms with Crippen molar-refractivity contribution >= 4 is 5.97 Å². The molecule has 4 heteroatoms. The van der Waals surface area contributed by atoms with Crippen LogP contribution in [0.2, 0.25) is 0 Å². The van der Waals surface area contributed by atoms with Gasteiger partial charge in [-0.2, -0.15) is 0 Å². The van der Waals surface area contributed by atoms with Crippen LogP contribution in [0.15, 0.2) is 0 Å². The minimum Gasteiger partial charge on any atom is -0.468 e. The van der Waals surface area contributed by atoms with Gasteiger partial charge in [-0.1, -0.05) is 6.42 Å². The van der Waals surface area contributed by atoms with E-state index in [0.717, 1.165) is 25.9 Å². The monoisotopic (exact) mass is 186 g/mol. The highest BCUT2D eigenvalue weighted by atomic mass is 16.5. The molecule has 4 nitrogen and oxygen atoms in total. The smallest absolute Gasteiger partial charge is 0.324 e. The summed E-state index contributed by atoms with van der Waals surface area (Å²) in [4.78, 5) is 13.4. The van der Waals surface area contributed by atoms with Gasteiger partial charge in [0.2, 0.25) is 0 Å². The molecule has 1 aliphatic heterocycles. The van der Waals surface area contributed by atoms with Crippen LogP contribution in [0.1, 0.15) is 19.3 Å². The summed E-state index contributed by atoms with van der Waals surface area (Å²) in [6.07, 6.45) is 3.58. The van der Waals surface area contributed by atoms with Gasteiger partial charge in [0, 0.05) is 6.54 Å². The standard InChI is InChI=1S/C9H18N2O2/c1-13-9(12)8(7-10)11-5-3-2-4-6-11/h8H,2-7,10H2,1H3. The van der Waals surface area contributed by atoms with Crippen LogP contribution < -0.4 is 5.73 Å². The number of nitrogens with zero attached hydrogens (tertiary/aromatic N) is 1. The Bertz CT molecular complexity index is 167. The second-order valence-electron chi connectivity index (χ2n) is 3.37. The third kappa shape index (κ3) is 2.67. The molecule has 1 heterocycles. The zero-order valence-electron chi connectivity index (χ0n) is 8.16. The van der Waals surface area contributed by atoms with E-state index < -0.39 is 0 Å². The van der Waals surface area contributed by atoms with Crippen molar-refractivity contribution < 1.29 is 9.53 Å². The maximum Gasteiger partial charge on any atom is 0.324 e. The van der Waals surface area contributed by atoms with Gasteiger partial charge in [0.25, 0.3) is 0 Å². The van der Waals surface area contributed by atoms with Gasteiger partial charge in [-0.3, -0.25) is 9.69 Å². The molecule has 76 valence electrons. The molecule has 1 aliphatic rings. The van der Waals surface area contributed by atoms with E-state index in [0.29, 0.717) is 6.54 Å². The van der Waals surface area contributed by atoms with Crippen molar-refractivity contribution in [2.75, 3.05) is 26.7 Å². The summed E-state index contributed by atoms with van der Waals surface area (Å²) in [6.45, 7) is 2.29. The first-order valence-corrected chi connectivity index (χ1v) is 4.81. The number of piperidine rings is 1. The molecule has 1 fully saturated rings. The van der Waals surface area contributed by atoms with Crippen molar-refractivity contribution in [3.05, 3.63) is 0 Å². The van der Waals surface area contributed by atoms with Gasteiger partial charge < -0.3 is 10.5 Å². The molecule has 0 aromatic heterocycles. The Kier molecular flexibility index (Phi) is 4.18. The zero-order chi connectivity index (χ0) is 9.68. The molecule has 1 rings (SSSR count). The fraction of sp³-hybridized carbons (Fsp3) is 0.889. The zero-order valence-corrected chi connectivity index (χ0v) is 8.16. The second kappa shape index (κ2) is 5.19. The maximum atomic E-state index is 11.3. The van der Waals surface area contributed by atoms with E-state index >= 15 is 0 Å². The molecule has 1 atom stereocenters.